The summed E-state index contributed by atoms with van der Waals surface area (Å²) in [7, 11) is -4.08. The van der Waals surface area contributed by atoms with Crippen LogP contribution in [0.3, 0.4) is 0 Å². The Morgan fingerprint density at radius 3 is 2.55 bits per heavy atom. The van der Waals surface area contributed by atoms with E-state index < -0.39 is 14.9 Å². The van der Waals surface area contributed by atoms with Crippen molar-refractivity contribution in [1.82, 2.24) is 4.90 Å². The number of rotatable bonds is 5. The molecule has 2 aromatic rings. The Balaban J connectivity index is 1.46. The van der Waals surface area contributed by atoms with E-state index in [1.807, 2.05) is 11.0 Å². The molecule has 0 aromatic heterocycles. The second-order valence-electron chi connectivity index (χ2n) is 7.26. The number of piperazine rings is 1. The number of nitro benzene ring substituents is 1. The van der Waals surface area contributed by atoms with Gasteiger partial charge in [0.2, 0.25) is 10.0 Å². The maximum atomic E-state index is 12.0. The highest BCUT2D eigenvalue weighted by Gasteiger charge is 2.25. The first-order valence-electron chi connectivity index (χ1n) is 9.34. The Bertz CT molecular complexity index is 1050. The molecule has 0 amide bonds. The van der Waals surface area contributed by atoms with Crippen molar-refractivity contribution in [3.8, 4) is 5.75 Å². The molecule has 0 atom stereocenters. The molecule has 2 aromatic carbocycles. The molecule has 9 nitrogen and oxygen atoms in total. The Morgan fingerprint density at radius 2 is 1.86 bits per heavy atom. The summed E-state index contributed by atoms with van der Waals surface area (Å²) in [6, 6.07) is 10.1. The van der Waals surface area contributed by atoms with Gasteiger partial charge in [-0.05, 0) is 23.3 Å². The molecule has 10 heteroatoms. The second kappa shape index (κ2) is 7.62. The van der Waals surface area contributed by atoms with E-state index >= 15 is 0 Å². The van der Waals surface area contributed by atoms with E-state index in [1.165, 1.54) is 23.3 Å². The third-order valence-corrected chi connectivity index (χ3v) is 6.27. The zero-order valence-corrected chi connectivity index (χ0v) is 16.6. The molecule has 0 saturated carbocycles. The molecular weight excluding hydrogens is 396 g/mol. The van der Waals surface area contributed by atoms with Gasteiger partial charge in [-0.25, -0.2) is 13.6 Å². The molecule has 154 valence electrons. The molecule has 0 unspecified atom stereocenters. The van der Waals surface area contributed by atoms with Gasteiger partial charge in [-0.3, -0.25) is 15.0 Å². The number of non-ortho nitro benzene ring substituents is 1. The standard InChI is InChI=1S/C19H22N4O5S/c20-29(26,27)19-12-16(23(24)25)2-3-17(19)22-8-6-21(7-9-22)13-14-1-4-18-15(11-14)5-10-28-18/h1-4,11-12H,5-10,13H2,(H2,20,26,27). The lowest BCUT2D eigenvalue weighted by Gasteiger charge is -2.36. The van der Waals surface area contributed by atoms with Crippen LogP contribution in [0.1, 0.15) is 11.1 Å². The van der Waals surface area contributed by atoms with Crippen LogP contribution in [0, 0.1) is 10.1 Å². The van der Waals surface area contributed by atoms with Crippen molar-refractivity contribution in [3.05, 3.63) is 57.6 Å². The SMILES string of the molecule is NS(=O)(=O)c1cc([N+](=O)[O-])ccc1N1CCN(Cc2ccc3c(c2)CCO3)CC1. The van der Waals surface area contributed by atoms with E-state index in [0.29, 0.717) is 18.8 Å². The summed E-state index contributed by atoms with van der Waals surface area (Å²) in [6.45, 7) is 4.24. The van der Waals surface area contributed by atoms with Crippen LogP contribution in [0.25, 0.3) is 0 Å². The van der Waals surface area contributed by atoms with Gasteiger partial charge in [0.15, 0.2) is 0 Å². The zero-order valence-electron chi connectivity index (χ0n) is 15.8. The molecule has 2 N–H and O–H groups in total. The summed E-state index contributed by atoms with van der Waals surface area (Å²) < 4.78 is 29.5. The first-order chi connectivity index (χ1) is 13.8. The zero-order chi connectivity index (χ0) is 20.6. The first kappa shape index (κ1) is 19.6. The van der Waals surface area contributed by atoms with Crippen molar-refractivity contribution in [2.75, 3.05) is 37.7 Å². The van der Waals surface area contributed by atoms with Gasteiger partial charge in [-0.2, -0.15) is 0 Å². The van der Waals surface area contributed by atoms with Crippen LogP contribution in [0.2, 0.25) is 0 Å². The van der Waals surface area contributed by atoms with Crippen LogP contribution in [0.15, 0.2) is 41.3 Å². The number of sulfonamides is 1. The van der Waals surface area contributed by atoms with Crippen LogP contribution in [-0.2, 0) is 23.0 Å². The lowest BCUT2D eigenvalue weighted by atomic mass is 10.1. The van der Waals surface area contributed by atoms with Gasteiger partial charge in [0, 0.05) is 51.3 Å². The normalized spacial score (nSPS) is 17.1. The monoisotopic (exact) mass is 418 g/mol. The largest absolute Gasteiger partial charge is 0.493 e. The number of nitrogens with two attached hydrogens (primary N) is 1. The topological polar surface area (TPSA) is 119 Å². The number of nitro groups is 1. The van der Waals surface area contributed by atoms with Crippen LogP contribution in [-0.4, -0.2) is 51.0 Å². The maximum absolute atomic E-state index is 12.0. The quantitative estimate of drug-likeness (QED) is 0.577. The third-order valence-electron chi connectivity index (χ3n) is 5.33. The molecule has 0 radical (unpaired) electrons. The smallest absolute Gasteiger partial charge is 0.270 e. The van der Waals surface area contributed by atoms with E-state index in [9.17, 15) is 18.5 Å². The van der Waals surface area contributed by atoms with Crippen molar-refractivity contribution in [2.45, 2.75) is 17.9 Å². The number of fused-ring (bicyclic) bond motifs is 1. The molecule has 2 heterocycles. The fourth-order valence-corrected chi connectivity index (χ4v) is 4.62. The molecule has 2 aliphatic heterocycles. The number of hydrogen-bond acceptors (Lipinski definition) is 7. The molecule has 1 saturated heterocycles. The van der Waals surface area contributed by atoms with Gasteiger partial charge < -0.3 is 9.64 Å². The number of benzene rings is 2. The third kappa shape index (κ3) is 4.19. The Hall–Kier alpha value is -2.69. The highest BCUT2D eigenvalue weighted by molar-refractivity contribution is 7.89. The van der Waals surface area contributed by atoms with Gasteiger partial charge in [-0.1, -0.05) is 12.1 Å². The molecule has 4 rings (SSSR count). The van der Waals surface area contributed by atoms with E-state index in [-0.39, 0.29) is 10.6 Å². The average Bonchev–Trinajstić information content (AvgIpc) is 3.15. The molecule has 1 fully saturated rings. The molecule has 0 aliphatic carbocycles. The van der Waals surface area contributed by atoms with Gasteiger partial charge in [0.25, 0.3) is 5.69 Å². The summed E-state index contributed by atoms with van der Waals surface area (Å²) in [4.78, 5) is 14.4. The van der Waals surface area contributed by atoms with Crippen molar-refractivity contribution >= 4 is 21.4 Å². The number of anilines is 1. The predicted octanol–water partition coefficient (Wildman–Crippen LogP) is 1.50. The van der Waals surface area contributed by atoms with Gasteiger partial charge in [0.05, 0.1) is 17.2 Å². The van der Waals surface area contributed by atoms with E-state index in [1.54, 1.807) is 0 Å². The molecule has 2 aliphatic rings. The van der Waals surface area contributed by atoms with Crippen LogP contribution in [0.5, 0.6) is 5.75 Å². The molecular formula is C19H22N4O5S. The first-order valence-corrected chi connectivity index (χ1v) is 10.9. The van der Waals surface area contributed by atoms with Gasteiger partial charge >= 0.3 is 0 Å². The summed E-state index contributed by atoms with van der Waals surface area (Å²) in [5.74, 6) is 0.965. The van der Waals surface area contributed by atoms with Crippen LogP contribution >= 0.6 is 0 Å². The van der Waals surface area contributed by atoms with E-state index in [4.69, 9.17) is 9.88 Å². The van der Waals surface area contributed by atoms with Crippen LogP contribution in [0.4, 0.5) is 11.4 Å². The fourth-order valence-electron chi connectivity index (χ4n) is 3.85. The minimum Gasteiger partial charge on any atom is -0.493 e. The van der Waals surface area contributed by atoms with Crippen molar-refractivity contribution in [2.24, 2.45) is 5.14 Å². The van der Waals surface area contributed by atoms with Crippen molar-refractivity contribution in [3.63, 3.8) is 0 Å². The summed E-state index contributed by atoms with van der Waals surface area (Å²) in [5.41, 5.74) is 2.58. The highest BCUT2D eigenvalue weighted by Crippen LogP contribution is 2.30. The van der Waals surface area contributed by atoms with Gasteiger partial charge in [-0.15, -0.1) is 0 Å². The summed E-state index contributed by atoms with van der Waals surface area (Å²) >= 11 is 0. The van der Waals surface area contributed by atoms with E-state index in [0.717, 1.165) is 44.5 Å². The molecule has 0 bridgehead atoms. The lowest BCUT2D eigenvalue weighted by Crippen LogP contribution is -2.46. The summed E-state index contributed by atoms with van der Waals surface area (Å²) in [6.07, 6.45) is 0.938. The Labute approximate surface area is 168 Å². The van der Waals surface area contributed by atoms with E-state index in [2.05, 4.69) is 17.0 Å². The number of primary sulfonamides is 1. The minimum atomic E-state index is -4.08. The molecule has 0 spiro atoms. The number of ether oxygens (including phenoxy) is 1. The predicted molar refractivity (Wildman–Crippen MR) is 108 cm³/mol. The average molecular weight is 418 g/mol. The highest BCUT2D eigenvalue weighted by atomic mass is 32.2. The van der Waals surface area contributed by atoms with Crippen molar-refractivity contribution < 1.29 is 18.1 Å². The number of hydrogen-bond donors (Lipinski definition) is 1. The minimum absolute atomic E-state index is 0.209. The summed E-state index contributed by atoms with van der Waals surface area (Å²) in [5, 5.41) is 16.3. The van der Waals surface area contributed by atoms with Crippen molar-refractivity contribution in [1.29, 1.82) is 0 Å². The van der Waals surface area contributed by atoms with Gasteiger partial charge in [0.1, 0.15) is 10.6 Å². The maximum Gasteiger partial charge on any atom is 0.270 e. The Kier molecular flexibility index (Phi) is 5.15. The number of nitrogens with zero attached hydrogens (tertiary/aromatic N) is 3. The molecule has 29 heavy (non-hydrogen) atoms. The second-order valence-corrected chi connectivity index (χ2v) is 8.79. The fraction of sp³-hybridized carbons (Fsp3) is 0.368. The lowest BCUT2D eigenvalue weighted by molar-refractivity contribution is -0.385. The van der Waals surface area contributed by atoms with Crippen LogP contribution < -0.4 is 14.8 Å². The Morgan fingerprint density at radius 1 is 1.10 bits per heavy atom.